The van der Waals surface area contributed by atoms with E-state index in [0.29, 0.717) is 0 Å². The molecule has 4 heteroatoms. The Kier molecular flexibility index (Phi) is 7.37. The summed E-state index contributed by atoms with van der Waals surface area (Å²) in [6.07, 6.45) is 12.4. The summed E-state index contributed by atoms with van der Waals surface area (Å²) in [7, 11) is 0. The molecule has 1 rings (SSSR count). The summed E-state index contributed by atoms with van der Waals surface area (Å²) in [4.78, 5) is 22.0. The normalized spacial score (nSPS) is 16.5. The molecule has 1 aliphatic rings. The maximum Gasteiger partial charge on any atom is 0.309 e. The third-order valence-corrected chi connectivity index (χ3v) is 5.09. The van der Waals surface area contributed by atoms with E-state index in [-0.39, 0.29) is 5.41 Å². The summed E-state index contributed by atoms with van der Waals surface area (Å²) in [6.45, 7) is 3.58. The van der Waals surface area contributed by atoms with Crippen LogP contribution in [0.25, 0.3) is 0 Å². The van der Waals surface area contributed by atoms with Crippen molar-refractivity contribution >= 4 is 11.9 Å². The zero-order valence-electron chi connectivity index (χ0n) is 14.2. The average Bonchev–Trinajstić information content (AvgIpc) is 3.22. The maximum absolute atomic E-state index is 11.0. The van der Waals surface area contributed by atoms with Gasteiger partial charge in [0.15, 0.2) is 0 Å². The maximum atomic E-state index is 11.0. The highest BCUT2D eigenvalue weighted by molar-refractivity contribution is 5.77. The number of carboxylic acids is 2. The Morgan fingerprint density at radius 1 is 0.864 bits per heavy atom. The Bertz CT molecular complexity index is 345. The number of aliphatic carboxylic acids is 2. The van der Waals surface area contributed by atoms with Gasteiger partial charge in [0, 0.05) is 0 Å². The molecule has 0 saturated heterocycles. The Hall–Kier alpha value is -1.06. The number of carboxylic acid groups (broad SMARTS) is 2. The van der Waals surface area contributed by atoms with E-state index in [2.05, 4.69) is 0 Å². The predicted molar refractivity (Wildman–Crippen MR) is 86.9 cm³/mol. The molecule has 1 aliphatic carbocycles. The molecule has 0 aromatic rings. The highest BCUT2D eigenvalue weighted by atomic mass is 16.4. The molecule has 2 N–H and O–H groups in total. The van der Waals surface area contributed by atoms with Crippen LogP contribution >= 0.6 is 0 Å². The molecule has 0 radical (unpaired) electrons. The van der Waals surface area contributed by atoms with Gasteiger partial charge >= 0.3 is 11.9 Å². The first-order valence-electron chi connectivity index (χ1n) is 8.77. The first-order valence-corrected chi connectivity index (χ1v) is 8.77. The van der Waals surface area contributed by atoms with Gasteiger partial charge in [-0.3, -0.25) is 9.59 Å². The molecule has 4 nitrogen and oxygen atoms in total. The van der Waals surface area contributed by atoms with Gasteiger partial charge in [0.1, 0.15) is 0 Å². The van der Waals surface area contributed by atoms with Crippen LogP contribution < -0.4 is 0 Å². The fourth-order valence-electron chi connectivity index (χ4n) is 2.92. The van der Waals surface area contributed by atoms with E-state index in [4.69, 9.17) is 10.2 Å². The van der Waals surface area contributed by atoms with Gasteiger partial charge in [0.25, 0.3) is 0 Å². The molecule has 0 spiro atoms. The minimum atomic E-state index is -0.706. The Balaban J connectivity index is 1.88. The first kappa shape index (κ1) is 19.0. The number of carbonyl (C=O) groups is 2. The third-order valence-electron chi connectivity index (χ3n) is 5.09. The first-order chi connectivity index (χ1) is 10.3. The topological polar surface area (TPSA) is 74.6 Å². The van der Waals surface area contributed by atoms with E-state index in [1.165, 1.54) is 25.7 Å². The highest BCUT2D eigenvalue weighted by Gasteiger charge is 2.49. The van der Waals surface area contributed by atoms with Crippen molar-refractivity contribution in [2.75, 3.05) is 0 Å². The molecule has 0 amide bonds. The van der Waals surface area contributed by atoms with Crippen LogP contribution in [0.15, 0.2) is 0 Å². The van der Waals surface area contributed by atoms with E-state index in [0.717, 1.165) is 51.4 Å². The molecule has 0 aliphatic heterocycles. The predicted octanol–water partition coefficient (Wildman–Crippen LogP) is 4.86. The largest absolute Gasteiger partial charge is 0.481 e. The van der Waals surface area contributed by atoms with Gasteiger partial charge in [0.05, 0.1) is 10.8 Å². The minimum Gasteiger partial charge on any atom is -0.481 e. The van der Waals surface area contributed by atoms with E-state index < -0.39 is 17.4 Å². The fourth-order valence-corrected chi connectivity index (χ4v) is 2.92. The van der Waals surface area contributed by atoms with Crippen molar-refractivity contribution in [2.24, 2.45) is 10.8 Å². The molecule has 0 unspecified atom stereocenters. The second-order valence-corrected chi connectivity index (χ2v) is 7.60. The average molecular weight is 312 g/mol. The Morgan fingerprint density at radius 3 is 1.73 bits per heavy atom. The second kappa shape index (κ2) is 8.54. The van der Waals surface area contributed by atoms with Crippen LogP contribution in [0.2, 0.25) is 0 Å². The molecule has 22 heavy (non-hydrogen) atoms. The number of hydrogen-bond donors (Lipinski definition) is 2. The summed E-state index contributed by atoms with van der Waals surface area (Å²) in [5, 5.41) is 18.1. The SMILES string of the molecule is CC(C)(CCCCCCCCCCC1(C(=O)O)CC1)C(=O)O. The van der Waals surface area contributed by atoms with Crippen LogP contribution in [0.1, 0.15) is 90.9 Å². The van der Waals surface area contributed by atoms with Crippen LogP contribution in [-0.4, -0.2) is 22.2 Å². The van der Waals surface area contributed by atoms with Gasteiger partial charge in [-0.2, -0.15) is 0 Å². The van der Waals surface area contributed by atoms with Gasteiger partial charge in [-0.05, 0) is 39.5 Å². The van der Waals surface area contributed by atoms with Crippen molar-refractivity contribution in [2.45, 2.75) is 90.9 Å². The van der Waals surface area contributed by atoms with E-state index in [1.807, 2.05) is 0 Å². The van der Waals surface area contributed by atoms with E-state index >= 15 is 0 Å². The van der Waals surface area contributed by atoms with Crippen molar-refractivity contribution in [3.8, 4) is 0 Å². The van der Waals surface area contributed by atoms with Crippen molar-refractivity contribution in [1.82, 2.24) is 0 Å². The minimum absolute atomic E-state index is 0.350. The molecule has 128 valence electrons. The summed E-state index contributed by atoms with van der Waals surface area (Å²) >= 11 is 0. The molecule has 0 atom stereocenters. The van der Waals surface area contributed by atoms with Gasteiger partial charge in [0.2, 0.25) is 0 Å². The monoisotopic (exact) mass is 312 g/mol. The lowest BCUT2D eigenvalue weighted by atomic mass is 9.87. The van der Waals surface area contributed by atoms with Crippen LogP contribution in [0, 0.1) is 10.8 Å². The van der Waals surface area contributed by atoms with E-state index in [9.17, 15) is 9.59 Å². The second-order valence-electron chi connectivity index (χ2n) is 7.60. The van der Waals surface area contributed by atoms with Gasteiger partial charge in [-0.1, -0.05) is 51.4 Å². The molecule has 0 aromatic heterocycles. The van der Waals surface area contributed by atoms with Crippen LogP contribution in [0.5, 0.6) is 0 Å². The van der Waals surface area contributed by atoms with Crippen LogP contribution in [0.3, 0.4) is 0 Å². The zero-order chi connectivity index (χ0) is 16.6. The number of hydrogen-bond acceptors (Lipinski definition) is 2. The summed E-state index contributed by atoms with van der Waals surface area (Å²) in [5.74, 6) is -1.31. The highest BCUT2D eigenvalue weighted by Crippen LogP contribution is 2.50. The van der Waals surface area contributed by atoms with E-state index in [1.54, 1.807) is 13.8 Å². The van der Waals surface area contributed by atoms with Gasteiger partial charge in [-0.25, -0.2) is 0 Å². The Morgan fingerprint density at radius 2 is 1.32 bits per heavy atom. The molecule has 1 saturated carbocycles. The summed E-state index contributed by atoms with van der Waals surface area (Å²) < 4.78 is 0. The van der Waals surface area contributed by atoms with Crippen LogP contribution in [-0.2, 0) is 9.59 Å². The summed E-state index contributed by atoms with van der Waals surface area (Å²) in [5.41, 5.74) is -0.945. The quantitative estimate of drug-likeness (QED) is 0.476. The fraction of sp³-hybridized carbons (Fsp3) is 0.889. The van der Waals surface area contributed by atoms with Crippen LogP contribution in [0.4, 0.5) is 0 Å². The molecular formula is C18H32O4. The summed E-state index contributed by atoms with van der Waals surface area (Å²) in [6, 6.07) is 0. The molecule has 0 bridgehead atoms. The third kappa shape index (κ3) is 6.37. The molecule has 0 aromatic carbocycles. The molecular weight excluding hydrogens is 280 g/mol. The number of unbranched alkanes of at least 4 members (excludes halogenated alkanes) is 7. The lowest BCUT2D eigenvalue weighted by Crippen LogP contribution is -2.23. The molecule has 1 fully saturated rings. The zero-order valence-corrected chi connectivity index (χ0v) is 14.2. The molecule has 0 heterocycles. The van der Waals surface area contributed by atoms with Crippen molar-refractivity contribution in [3.63, 3.8) is 0 Å². The van der Waals surface area contributed by atoms with Crippen molar-refractivity contribution in [1.29, 1.82) is 0 Å². The van der Waals surface area contributed by atoms with Crippen molar-refractivity contribution in [3.05, 3.63) is 0 Å². The standard InChI is InChI=1S/C18H32O4/c1-17(2,15(19)20)11-9-7-5-3-4-6-8-10-12-18(13-14-18)16(21)22/h3-14H2,1-2H3,(H,19,20)(H,21,22). The van der Waals surface area contributed by atoms with Gasteiger partial charge < -0.3 is 10.2 Å². The number of rotatable bonds is 13. The lowest BCUT2D eigenvalue weighted by Gasteiger charge is -2.18. The Labute approximate surface area is 134 Å². The van der Waals surface area contributed by atoms with Gasteiger partial charge in [-0.15, -0.1) is 0 Å². The van der Waals surface area contributed by atoms with Crippen molar-refractivity contribution < 1.29 is 19.8 Å². The lowest BCUT2D eigenvalue weighted by molar-refractivity contribution is -0.147. The smallest absolute Gasteiger partial charge is 0.309 e.